The van der Waals surface area contributed by atoms with Crippen LogP contribution in [-0.2, 0) is 19.1 Å². The van der Waals surface area contributed by atoms with Gasteiger partial charge >= 0.3 is 11.9 Å². The molecule has 6 heteroatoms. The number of nitrogens with zero attached hydrogens (tertiary/aromatic N) is 1. The van der Waals surface area contributed by atoms with Gasteiger partial charge in [0.1, 0.15) is 6.61 Å². The topological polar surface area (TPSA) is 83.9 Å². The van der Waals surface area contributed by atoms with Crippen LogP contribution in [0.4, 0.5) is 0 Å². The Morgan fingerprint density at radius 1 is 1.17 bits per heavy atom. The van der Waals surface area contributed by atoms with Gasteiger partial charge in [-0.1, -0.05) is 19.8 Å². The molecule has 6 nitrogen and oxygen atoms in total. The van der Waals surface area contributed by atoms with Crippen LogP contribution in [0.15, 0.2) is 0 Å². The van der Waals surface area contributed by atoms with Gasteiger partial charge in [-0.15, -0.1) is 0 Å². The molecule has 1 saturated carbocycles. The molecule has 0 spiro atoms. The molecular weight excluding hydrogens is 298 g/mol. The van der Waals surface area contributed by atoms with Crippen molar-refractivity contribution in [2.45, 2.75) is 52.9 Å². The molecule has 1 aliphatic carbocycles. The van der Waals surface area contributed by atoms with Crippen molar-refractivity contribution in [3.8, 4) is 0 Å². The predicted molar refractivity (Wildman–Crippen MR) is 85.8 cm³/mol. The highest BCUT2D eigenvalue weighted by Crippen LogP contribution is 2.31. The summed E-state index contributed by atoms with van der Waals surface area (Å²) < 4.78 is 5.23. The number of carbonyl (C=O) groups excluding carboxylic acids is 2. The first kappa shape index (κ1) is 19.5. The molecule has 0 aromatic carbocycles. The molecule has 0 saturated heterocycles. The molecule has 0 heterocycles. The Bertz CT molecular complexity index is 446. The third kappa shape index (κ3) is 5.22. The van der Waals surface area contributed by atoms with Crippen molar-refractivity contribution in [2.75, 3.05) is 20.2 Å². The second-order valence-corrected chi connectivity index (χ2v) is 6.97. The molecule has 0 aromatic heterocycles. The van der Waals surface area contributed by atoms with Crippen LogP contribution in [0.2, 0.25) is 0 Å². The van der Waals surface area contributed by atoms with Gasteiger partial charge in [0.05, 0.1) is 23.8 Å². The van der Waals surface area contributed by atoms with Gasteiger partial charge in [-0.2, -0.15) is 0 Å². The van der Waals surface area contributed by atoms with E-state index in [1.165, 1.54) is 4.90 Å². The first-order chi connectivity index (χ1) is 10.7. The summed E-state index contributed by atoms with van der Waals surface area (Å²) in [5, 5.41) is 9.26. The van der Waals surface area contributed by atoms with Gasteiger partial charge in [-0.25, -0.2) is 0 Å². The van der Waals surface area contributed by atoms with E-state index < -0.39 is 23.2 Å². The highest BCUT2D eigenvalue weighted by Gasteiger charge is 2.37. The zero-order valence-corrected chi connectivity index (χ0v) is 14.6. The van der Waals surface area contributed by atoms with Crippen LogP contribution in [0.1, 0.15) is 52.9 Å². The molecule has 1 aliphatic rings. The largest absolute Gasteiger partial charge is 0.481 e. The Kier molecular flexibility index (Phi) is 7.03. The van der Waals surface area contributed by atoms with Gasteiger partial charge < -0.3 is 14.7 Å². The zero-order valence-electron chi connectivity index (χ0n) is 14.6. The molecule has 1 N–H and O–H groups in total. The number of likely N-dealkylation sites (N-methyl/N-ethyl adjacent to an activating group) is 1. The van der Waals surface area contributed by atoms with Crippen LogP contribution < -0.4 is 0 Å². The molecule has 2 atom stereocenters. The third-order valence-electron chi connectivity index (χ3n) is 4.87. The third-order valence-corrected chi connectivity index (χ3v) is 4.87. The molecule has 0 radical (unpaired) electrons. The Labute approximate surface area is 138 Å². The fourth-order valence-corrected chi connectivity index (χ4v) is 2.73. The Hall–Kier alpha value is -1.59. The van der Waals surface area contributed by atoms with E-state index in [4.69, 9.17) is 4.74 Å². The molecule has 0 aliphatic heterocycles. The molecule has 1 rings (SSSR count). The van der Waals surface area contributed by atoms with Crippen molar-refractivity contribution in [1.82, 2.24) is 4.90 Å². The van der Waals surface area contributed by atoms with Crippen molar-refractivity contribution in [3.63, 3.8) is 0 Å². The molecule has 0 bridgehead atoms. The lowest BCUT2D eigenvalue weighted by molar-refractivity contribution is -0.156. The number of rotatable bonds is 7. The number of esters is 1. The van der Waals surface area contributed by atoms with E-state index in [0.717, 1.165) is 12.8 Å². The van der Waals surface area contributed by atoms with Crippen LogP contribution >= 0.6 is 0 Å². The maximum Gasteiger partial charge on any atom is 0.311 e. The minimum absolute atomic E-state index is 0.134. The number of aliphatic carboxylic acids is 1. The van der Waals surface area contributed by atoms with Crippen molar-refractivity contribution in [3.05, 3.63) is 0 Å². The highest BCUT2D eigenvalue weighted by molar-refractivity contribution is 5.84. The van der Waals surface area contributed by atoms with Crippen LogP contribution in [0.5, 0.6) is 0 Å². The molecule has 132 valence electrons. The summed E-state index contributed by atoms with van der Waals surface area (Å²) in [5.41, 5.74) is -0.527. The molecular formula is C17H29NO5. The second kappa shape index (κ2) is 8.31. The van der Waals surface area contributed by atoms with Crippen molar-refractivity contribution < 1.29 is 24.2 Å². The quantitative estimate of drug-likeness (QED) is 0.725. The summed E-state index contributed by atoms with van der Waals surface area (Å²) >= 11 is 0. The van der Waals surface area contributed by atoms with Gasteiger partial charge in [0, 0.05) is 7.05 Å². The van der Waals surface area contributed by atoms with Gasteiger partial charge in [0.25, 0.3) is 0 Å². The fraction of sp³-hybridized carbons (Fsp3) is 0.824. The Balaban J connectivity index is 2.50. The average molecular weight is 327 g/mol. The number of carbonyl (C=O) groups is 3. The van der Waals surface area contributed by atoms with E-state index in [0.29, 0.717) is 19.3 Å². The van der Waals surface area contributed by atoms with Crippen LogP contribution in [0.3, 0.4) is 0 Å². The molecule has 1 amide bonds. The number of carboxylic acids is 1. The van der Waals surface area contributed by atoms with Crippen molar-refractivity contribution >= 4 is 17.8 Å². The summed E-state index contributed by atoms with van der Waals surface area (Å²) in [5.74, 6) is -2.40. The van der Waals surface area contributed by atoms with E-state index >= 15 is 0 Å². The monoisotopic (exact) mass is 327 g/mol. The molecule has 1 fully saturated rings. The lowest BCUT2D eigenvalue weighted by atomic mass is 9.78. The first-order valence-electron chi connectivity index (χ1n) is 8.35. The van der Waals surface area contributed by atoms with Crippen LogP contribution in [0.25, 0.3) is 0 Å². The van der Waals surface area contributed by atoms with Crippen molar-refractivity contribution in [1.29, 1.82) is 0 Å². The standard InChI is InChI=1S/C17H29NO5/c1-5-17(2,3)16(22)23-11-10-18(4)14(19)12-8-6-7-9-13(12)15(20)21/h12-13H,5-11H2,1-4H3,(H,20,21). The first-order valence-corrected chi connectivity index (χ1v) is 8.35. The smallest absolute Gasteiger partial charge is 0.311 e. The van der Waals surface area contributed by atoms with E-state index in [2.05, 4.69) is 0 Å². The lowest BCUT2D eigenvalue weighted by Crippen LogP contribution is -2.42. The van der Waals surface area contributed by atoms with Gasteiger partial charge in [0.15, 0.2) is 0 Å². The Morgan fingerprint density at radius 3 is 2.26 bits per heavy atom. The number of hydrogen-bond acceptors (Lipinski definition) is 4. The zero-order chi connectivity index (χ0) is 17.6. The van der Waals surface area contributed by atoms with Crippen molar-refractivity contribution in [2.24, 2.45) is 17.3 Å². The minimum Gasteiger partial charge on any atom is -0.481 e. The van der Waals surface area contributed by atoms with Gasteiger partial charge in [-0.3, -0.25) is 14.4 Å². The van der Waals surface area contributed by atoms with Crippen LogP contribution in [-0.4, -0.2) is 48.1 Å². The summed E-state index contributed by atoms with van der Waals surface area (Å²) in [7, 11) is 1.63. The number of hydrogen-bond donors (Lipinski definition) is 1. The SMILES string of the molecule is CCC(C)(C)C(=O)OCCN(C)C(=O)C1CCCCC1C(=O)O. The number of carboxylic acid groups (broad SMARTS) is 1. The summed E-state index contributed by atoms with van der Waals surface area (Å²) in [6.07, 6.45) is 3.59. The van der Waals surface area contributed by atoms with Gasteiger partial charge in [-0.05, 0) is 33.1 Å². The van der Waals surface area contributed by atoms with E-state index in [1.54, 1.807) is 7.05 Å². The molecule has 23 heavy (non-hydrogen) atoms. The summed E-state index contributed by atoms with van der Waals surface area (Å²) in [6, 6.07) is 0. The number of ether oxygens (including phenoxy) is 1. The summed E-state index contributed by atoms with van der Waals surface area (Å²) in [4.78, 5) is 37.1. The minimum atomic E-state index is -0.896. The Morgan fingerprint density at radius 2 is 1.74 bits per heavy atom. The maximum atomic E-state index is 12.5. The number of amides is 1. The molecule has 2 unspecified atom stereocenters. The normalized spacial score (nSPS) is 21.6. The van der Waals surface area contributed by atoms with Gasteiger partial charge in [0.2, 0.25) is 5.91 Å². The van der Waals surface area contributed by atoms with E-state index in [9.17, 15) is 19.5 Å². The summed E-state index contributed by atoms with van der Waals surface area (Å²) in [6.45, 7) is 5.99. The molecule has 0 aromatic rings. The second-order valence-electron chi connectivity index (χ2n) is 6.97. The van der Waals surface area contributed by atoms with E-state index in [-0.39, 0.29) is 25.0 Å². The maximum absolute atomic E-state index is 12.5. The van der Waals surface area contributed by atoms with E-state index in [1.807, 2.05) is 20.8 Å². The highest BCUT2D eigenvalue weighted by atomic mass is 16.5. The predicted octanol–water partition coefficient (Wildman–Crippen LogP) is 2.32. The lowest BCUT2D eigenvalue weighted by Gasteiger charge is -2.31. The fourth-order valence-electron chi connectivity index (χ4n) is 2.73. The van der Waals surface area contributed by atoms with Crippen LogP contribution in [0, 0.1) is 17.3 Å². The average Bonchev–Trinajstić information content (AvgIpc) is 2.53.